The van der Waals surface area contributed by atoms with Crippen molar-refractivity contribution in [3.8, 4) is 0 Å². The van der Waals surface area contributed by atoms with E-state index >= 15 is 0 Å². The van der Waals surface area contributed by atoms with Gasteiger partial charge in [-0.1, -0.05) is 11.6 Å². The summed E-state index contributed by atoms with van der Waals surface area (Å²) < 4.78 is 37.3. The molecule has 0 saturated carbocycles. The highest BCUT2D eigenvalue weighted by atomic mass is 35.5. The number of hydrogen-bond acceptors (Lipinski definition) is 3. The van der Waals surface area contributed by atoms with Gasteiger partial charge in [-0.3, -0.25) is 4.79 Å². The molecule has 1 saturated heterocycles. The van der Waals surface area contributed by atoms with Crippen LogP contribution in [0.4, 0.5) is 24.5 Å². The molecule has 0 aromatic heterocycles. The zero-order valence-electron chi connectivity index (χ0n) is 11.8. The lowest BCUT2D eigenvalue weighted by molar-refractivity contribution is -0.167. The van der Waals surface area contributed by atoms with Crippen LogP contribution in [0.2, 0.25) is 5.02 Å². The van der Waals surface area contributed by atoms with E-state index in [4.69, 9.17) is 17.3 Å². The van der Waals surface area contributed by atoms with Crippen LogP contribution in [0.1, 0.15) is 12.8 Å². The normalized spacial score (nSPS) is 16.7. The van der Waals surface area contributed by atoms with Crippen LogP contribution in [0.3, 0.4) is 0 Å². The maximum atomic E-state index is 12.4. The second kappa shape index (κ2) is 6.75. The largest absolute Gasteiger partial charge is 0.471 e. The molecule has 0 bridgehead atoms. The van der Waals surface area contributed by atoms with Crippen LogP contribution in [0, 0.1) is 5.92 Å². The third kappa shape index (κ3) is 4.04. The molecule has 0 radical (unpaired) electrons. The predicted octanol–water partition coefficient (Wildman–Crippen LogP) is 3.02. The first-order valence-corrected chi connectivity index (χ1v) is 7.32. The Morgan fingerprint density at radius 3 is 2.55 bits per heavy atom. The Kier molecular flexibility index (Phi) is 5.18. The molecule has 0 spiro atoms. The molecule has 0 aliphatic carbocycles. The number of piperidine rings is 1. The van der Waals surface area contributed by atoms with Gasteiger partial charge in [0.2, 0.25) is 0 Å². The highest BCUT2D eigenvalue weighted by Crippen LogP contribution is 2.33. The van der Waals surface area contributed by atoms with Crippen molar-refractivity contribution in [2.45, 2.75) is 19.0 Å². The van der Waals surface area contributed by atoms with Crippen molar-refractivity contribution in [3.05, 3.63) is 23.2 Å². The van der Waals surface area contributed by atoms with Crippen molar-refractivity contribution in [1.29, 1.82) is 0 Å². The highest BCUT2D eigenvalue weighted by Gasteiger charge is 2.39. The standard InChI is InChI=1S/C14H17ClF3N3O/c15-10-1-2-12(21-5-3-9(8-19)4-6-21)11(7-10)20-13(22)14(16,17)18/h1-2,7,9H,3-6,8,19H2,(H,20,22). The van der Waals surface area contributed by atoms with Gasteiger partial charge in [0.1, 0.15) is 0 Å². The lowest BCUT2D eigenvalue weighted by atomic mass is 9.96. The van der Waals surface area contributed by atoms with Crippen LogP contribution in [-0.2, 0) is 4.79 Å². The molecule has 1 amide bonds. The van der Waals surface area contributed by atoms with E-state index in [0.717, 1.165) is 12.8 Å². The fraction of sp³-hybridized carbons (Fsp3) is 0.500. The van der Waals surface area contributed by atoms with Crippen molar-refractivity contribution in [2.75, 3.05) is 29.9 Å². The van der Waals surface area contributed by atoms with Crippen molar-refractivity contribution in [3.63, 3.8) is 0 Å². The van der Waals surface area contributed by atoms with Gasteiger partial charge in [0.05, 0.1) is 11.4 Å². The summed E-state index contributed by atoms with van der Waals surface area (Å²) in [5.41, 5.74) is 6.24. The molecule has 122 valence electrons. The molecule has 8 heteroatoms. The number of anilines is 2. The number of halogens is 4. The monoisotopic (exact) mass is 335 g/mol. The van der Waals surface area contributed by atoms with Crippen molar-refractivity contribution in [1.82, 2.24) is 0 Å². The van der Waals surface area contributed by atoms with Gasteiger partial charge in [-0.05, 0) is 43.5 Å². The first kappa shape index (κ1) is 16.9. The first-order valence-electron chi connectivity index (χ1n) is 6.94. The van der Waals surface area contributed by atoms with Gasteiger partial charge in [0, 0.05) is 18.1 Å². The second-order valence-electron chi connectivity index (χ2n) is 5.28. The molecule has 1 aliphatic rings. The van der Waals surface area contributed by atoms with Gasteiger partial charge < -0.3 is 16.0 Å². The molecule has 1 fully saturated rings. The van der Waals surface area contributed by atoms with Crippen LogP contribution in [-0.4, -0.2) is 31.7 Å². The average molecular weight is 336 g/mol. The minimum atomic E-state index is -4.94. The third-order valence-corrected chi connectivity index (χ3v) is 3.99. The van der Waals surface area contributed by atoms with Crippen LogP contribution in [0.15, 0.2) is 18.2 Å². The Bertz CT molecular complexity index is 543. The number of benzene rings is 1. The quantitative estimate of drug-likeness (QED) is 0.892. The number of rotatable bonds is 3. The fourth-order valence-electron chi connectivity index (χ4n) is 2.49. The minimum Gasteiger partial charge on any atom is -0.370 e. The number of nitrogens with one attached hydrogen (secondary N) is 1. The molecule has 0 atom stereocenters. The third-order valence-electron chi connectivity index (χ3n) is 3.75. The zero-order chi connectivity index (χ0) is 16.3. The van der Waals surface area contributed by atoms with Gasteiger partial charge in [-0.25, -0.2) is 0 Å². The van der Waals surface area contributed by atoms with E-state index in [-0.39, 0.29) is 10.7 Å². The van der Waals surface area contributed by atoms with Crippen LogP contribution in [0.25, 0.3) is 0 Å². The summed E-state index contributed by atoms with van der Waals surface area (Å²) in [6.45, 7) is 1.96. The number of hydrogen-bond donors (Lipinski definition) is 2. The number of amides is 1. The maximum Gasteiger partial charge on any atom is 0.471 e. The summed E-state index contributed by atoms with van der Waals surface area (Å²) in [5.74, 6) is -1.58. The van der Waals surface area contributed by atoms with Crippen molar-refractivity contribution >= 4 is 28.9 Å². The summed E-state index contributed by atoms with van der Waals surface area (Å²) in [4.78, 5) is 13.1. The molecule has 2 rings (SSSR count). The Morgan fingerprint density at radius 2 is 2.00 bits per heavy atom. The van der Waals surface area contributed by atoms with E-state index in [0.29, 0.717) is 31.2 Å². The molecule has 4 nitrogen and oxygen atoms in total. The maximum absolute atomic E-state index is 12.4. The summed E-state index contributed by atoms with van der Waals surface area (Å²) in [6.07, 6.45) is -3.20. The van der Waals surface area contributed by atoms with Gasteiger partial charge in [-0.2, -0.15) is 13.2 Å². The first-order chi connectivity index (χ1) is 10.3. The Hall–Kier alpha value is -1.47. The molecule has 1 aromatic carbocycles. The zero-order valence-corrected chi connectivity index (χ0v) is 12.5. The second-order valence-corrected chi connectivity index (χ2v) is 5.72. The highest BCUT2D eigenvalue weighted by molar-refractivity contribution is 6.31. The molecule has 1 heterocycles. The molecule has 0 unspecified atom stereocenters. The smallest absolute Gasteiger partial charge is 0.370 e. The summed E-state index contributed by atoms with van der Waals surface area (Å²) in [6, 6.07) is 4.54. The van der Waals surface area contributed by atoms with Gasteiger partial charge in [0.25, 0.3) is 0 Å². The van der Waals surface area contributed by atoms with E-state index in [1.165, 1.54) is 6.07 Å². The number of nitrogens with two attached hydrogens (primary N) is 1. The summed E-state index contributed by atoms with van der Waals surface area (Å²) in [7, 11) is 0. The van der Waals surface area contributed by atoms with E-state index < -0.39 is 12.1 Å². The van der Waals surface area contributed by atoms with E-state index in [9.17, 15) is 18.0 Å². The van der Waals surface area contributed by atoms with Crippen LogP contribution in [0.5, 0.6) is 0 Å². The van der Waals surface area contributed by atoms with Gasteiger partial charge in [-0.15, -0.1) is 0 Å². The lowest BCUT2D eigenvalue weighted by Crippen LogP contribution is -2.37. The molecular formula is C14H17ClF3N3O. The molecule has 3 N–H and O–H groups in total. The van der Waals surface area contributed by atoms with E-state index in [2.05, 4.69) is 0 Å². The predicted molar refractivity (Wildman–Crippen MR) is 80.1 cm³/mol. The lowest BCUT2D eigenvalue weighted by Gasteiger charge is -2.34. The number of nitrogens with zero attached hydrogens (tertiary/aromatic N) is 1. The molecular weight excluding hydrogens is 319 g/mol. The SMILES string of the molecule is NCC1CCN(c2ccc(Cl)cc2NC(=O)C(F)(F)F)CC1. The summed E-state index contributed by atoms with van der Waals surface area (Å²) in [5, 5.41) is 2.16. The molecule has 1 aliphatic heterocycles. The fourth-order valence-corrected chi connectivity index (χ4v) is 2.66. The summed E-state index contributed by atoms with van der Waals surface area (Å²) >= 11 is 5.83. The Labute approximate surface area is 131 Å². The molecule has 22 heavy (non-hydrogen) atoms. The van der Waals surface area contributed by atoms with Gasteiger partial charge >= 0.3 is 12.1 Å². The average Bonchev–Trinajstić information content (AvgIpc) is 2.47. The number of alkyl halides is 3. The van der Waals surface area contributed by atoms with E-state index in [1.54, 1.807) is 12.1 Å². The Balaban J connectivity index is 2.19. The number of carbonyl (C=O) groups excluding carboxylic acids is 1. The number of carbonyl (C=O) groups is 1. The minimum absolute atomic E-state index is 0.0704. The van der Waals surface area contributed by atoms with E-state index in [1.807, 2.05) is 10.2 Å². The Morgan fingerprint density at radius 1 is 1.36 bits per heavy atom. The van der Waals surface area contributed by atoms with Crippen molar-refractivity contribution < 1.29 is 18.0 Å². The van der Waals surface area contributed by atoms with Crippen LogP contribution < -0.4 is 16.0 Å². The topological polar surface area (TPSA) is 58.4 Å². The molecule has 1 aromatic rings. The van der Waals surface area contributed by atoms with Crippen molar-refractivity contribution in [2.24, 2.45) is 11.7 Å². The van der Waals surface area contributed by atoms with Gasteiger partial charge in [0.15, 0.2) is 0 Å². The van der Waals surface area contributed by atoms with Crippen LogP contribution >= 0.6 is 11.6 Å².